The van der Waals surface area contributed by atoms with Crippen LogP contribution in [0.2, 0.25) is 0 Å². The van der Waals surface area contributed by atoms with Crippen LogP contribution in [0.15, 0.2) is 34.4 Å². The van der Waals surface area contributed by atoms with Crippen LogP contribution in [0.3, 0.4) is 0 Å². The molecule has 0 spiro atoms. The minimum absolute atomic E-state index is 0.186. The van der Waals surface area contributed by atoms with E-state index in [4.69, 9.17) is 4.42 Å². The summed E-state index contributed by atoms with van der Waals surface area (Å²) in [6.07, 6.45) is 5.51. The molecule has 0 aliphatic rings. The minimum atomic E-state index is -0.626. The molecule has 2 aromatic rings. The first-order valence-electron chi connectivity index (χ1n) is 6.24. The Morgan fingerprint density at radius 1 is 1.52 bits per heavy atom. The first kappa shape index (κ1) is 15.6. The molecule has 0 saturated carbocycles. The van der Waals surface area contributed by atoms with Crippen LogP contribution >= 0.6 is 23.1 Å². The highest BCUT2D eigenvalue weighted by Crippen LogP contribution is 2.12. The number of anilines is 1. The Balaban J connectivity index is 1.99. The lowest BCUT2D eigenvalue weighted by Gasteiger charge is -2.16. The summed E-state index contributed by atoms with van der Waals surface area (Å²) in [6.45, 7) is 0. The van der Waals surface area contributed by atoms with Crippen molar-refractivity contribution in [3.8, 4) is 0 Å². The first-order valence-corrected chi connectivity index (χ1v) is 8.51. The number of amides is 2. The smallest absolute Gasteiger partial charge is 0.287 e. The number of rotatable bonds is 7. The van der Waals surface area contributed by atoms with Crippen LogP contribution in [0.4, 0.5) is 5.13 Å². The second kappa shape index (κ2) is 7.84. The second-order valence-corrected chi connectivity index (χ2v) is 5.99. The molecule has 2 heterocycles. The number of furan rings is 1. The van der Waals surface area contributed by atoms with E-state index in [1.54, 1.807) is 35.5 Å². The highest BCUT2D eigenvalue weighted by Gasteiger charge is 2.22. The molecular formula is C13H15N3O3S2. The summed E-state index contributed by atoms with van der Waals surface area (Å²) in [5, 5.41) is 7.67. The number of nitrogens with zero attached hydrogens (tertiary/aromatic N) is 1. The fourth-order valence-electron chi connectivity index (χ4n) is 1.62. The van der Waals surface area contributed by atoms with Gasteiger partial charge in [0.15, 0.2) is 10.9 Å². The van der Waals surface area contributed by atoms with Crippen molar-refractivity contribution >= 4 is 40.0 Å². The molecule has 0 aliphatic carbocycles. The summed E-state index contributed by atoms with van der Waals surface area (Å²) in [5.41, 5.74) is 0. The van der Waals surface area contributed by atoms with Crippen molar-refractivity contribution in [2.24, 2.45) is 0 Å². The Hall–Kier alpha value is -1.80. The van der Waals surface area contributed by atoms with E-state index in [9.17, 15) is 9.59 Å². The standard InChI is InChI=1S/C13H15N3O3S2/c1-20-7-4-9(11(17)16-13-14-5-8-21-13)15-12(18)10-3-2-6-19-10/h2-3,5-6,8-9H,4,7H2,1H3,(H,15,18)(H,14,16,17)/t9-/m0/s1. The van der Waals surface area contributed by atoms with Crippen LogP contribution in [-0.2, 0) is 4.79 Å². The van der Waals surface area contributed by atoms with Gasteiger partial charge in [0.2, 0.25) is 5.91 Å². The molecule has 0 unspecified atom stereocenters. The van der Waals surface area contributed by atoms with Crippen LogP contribution in [0.1, 0.15) is 17.0 Å². The Morgan fingerprint density at radius 3 is 3.00 bits per heavy atom. The number of thioether (sulfide) groups is 1. The summed E-state index contributed by atoms with van der Waals surface area (Å²) in [7, 11) is 0. The van der Waals surface area contributed by atoms with Gasteiger partial charge >= 0.3 is 0 Å². The normalized spacial score (nSPS) is 11.9. The largest absolute Gasteiger partial charge is 0.459 e. The summed E-state index contributed by atoms with van der Waals surface area (Å²) in [5.74, 6) is 0.263. The van der Waals surface area contributed by atoms with Crippen molar-refractivity contribution in [3.63, 3.8) is 0 Å². The summed E-state index contributed by atoms with van der Waals surface area (Å²) in [4.78, 5) is 28.2. The summed E-state index contributed by atoms with van der Waals surface area (Å²) >= 11 is 2.94. The summed E-state index contributed by atoms with van der Waals surface area (Å²) < 4.78 is 5.03. The monoisotopic (exact) mass is 325 g/mol. The van der Waals surface area contributed by atoms with Crippen molar-refractivity contribution in [1.29, 1.82) is 0 Å². The van der Waals surface area contributed by atoms with Gasteiger partial charge in [-0.3, -0.25) is 9.59 Å². The van der Waals surface area contributed by atoms with Crippen LogP contribution in [0, 0.1) is 0 Å². The van der Waals surface area contributed by atoms with Gasteiger partial charge in [-0.25, -0.2) is 4.98 Å². The van der Waals surface area contributed by atoms with E-state index >= 15 is 0 Å². The molecule has 2 amide bonds. The molecule has 2 rings (SSSR count). The maximum atomic E-state index is 12.2. The third-order valence-corrected chi connectivity index (χ3v) is 3.97. The van der Waals surface area contributed by atoms with Gasteiger partial charge in [-0.1, -0.05) is 0 Å². The molecule has 8 heteroatoms. The predicted molar refractivity (Wildman–Crippen MR) is 83.7 cm³/mol. The van der Waals surface area contributed by atoms with Crippen LogP contribution in [0.25, 0.3) is 0 Å². The maximum absolute atomic E-state index is 12.2. The van der Waals surface area contributed by atoms with Gasteiger partial charge in [0.25, 0.3) is 5.91 Å². The highest BCUT2D eigenvalue weighted by molar-refractivity contribution is 7.98. The molecule has 112 valence electrons. The zero-order chi connectivity index (χ0) is 15.1. The highest BCUT2D eigenvalue weighted by atomic mass is 32.2. The lowest BCUT2D eigenvalue weighted by atomic mass is 10.2. The topological polar surface area (TPSA) is 84.2 Å². The number of thiazole rings is 1. The van der Waals surface area contributed by atoms with E-state index in [0.29, 0.717) is 11.6 Å². The van der Waals surface area contributed by atoms with Gasteiger partial charge in [-0.15, -0.1) is 11.3 Å². The molecule has 0 saturated heterocycles. The molecular weight excluding hydrogens is 310 g/mol. The van der Waals surface area contributed by atoms with Gasteiger partial charge < -0.3 is 15.1 Å². The summed E-state index contributed by atoms with van der Waals surface area (Å²) in [6, 6.07) is 2.56. The molecule has 0 fully saturated rings. The number of hydrogen-bond donors (Lipinski definition) is 2. The van der Waals surface area contributed by atoms with Crippen molar-refractivity contribution in [2.45, 2.75) is 12.5 Å². The third-order valence-electron chi connectivity index (χ3n) is 2.64. The average Bonchev–Trinajstić information content (AvgIpc) is 3.15. The van der Waals surface area contributed by atoms with Crippen LogP contribution < -0.4 is 10.6 Å². The van der Waals surface area contributed by atoms with Crippen molar-refractivity contribution < 1.29 is 14.0 Å². The van der Waals surface area contributed by atoms with Gasteiger partial charge in [-0.2, -0.15) is 11.8 Å². The molecule has 0 bridgehead atoms. The van der Waals surface area contributed by atoms with Crippen molar-refractivity contribution in [3.05, 3.63) is 35.7 Å². The molecule has 0 aromatic carbocycles. The zero-order valence-corrected chi connectivity index (χ0v) is 13.0. The molecule has 2 aromatic heterocycles. The molecule has 21 heavy (non-hydrogen) atoms. The lowest BCUT2D eigenvalue weighted by molar-refractivity contribution is -0.118. The van der Waals surface area contributed by atoms with Gasteiger partial charge in [0.1, 0.15) is 6.04 Å². The number of aromatic nitrogens is 1. The molecule has 2 N–H and O–H groups in total. The van der Waals surface area contributed by atoms with E-state index in [1.165, 1.54) is 17.6 Å². The third kappa shape index (κ3) is 4.61. The van der Waals surface area contributed by atoms with Gasteiger partial charge in [0.05, 0.1) is 6.26 Å². The Labute approximate surface area is 130 Å². The predicted octanol–water partition coefficient (Wildman–Crippen LogP) is 2.23. The van der Waals surface area contributed by atoms with Crippen LogP contribution in [0.5, 0.6) is 0 Å². The van der Waals surface area contributed by atoms with E-state index in [0.717, 1.165) is 5.75 Å². The first-order chi connectivity index (χ1) is 10.2. The number of nitrogens with one attached hydrogen (secondary N) is 2. The quantitative estimate of drug-likeness (QED) is 0.815. The number of carbonyl (C=O) groups is 2. The van der Waals surface area contributed by atoms with E-state index in [2.05, 4.69) is 15.6 Å². The Morgan fingerprint density at radius 2 is 2.38 bits per heavy atom. The molecule has 6 nitrogen and oxygen atoms in total. The van der Waals surface area contributed by atoms with Gasteiger partial charge in [0, 0.05) is 11.6 Å². The Bertz CT molecular complexity index is 570. The molecule has 1 atom stereocenters. The van der Waals surface area contributed by atoms with E-state index in [1.807, 2.05) is 6.26 Å². The van der Waals surface area contributed by atoms with Crippen molar-refractivity contribution in [1.82, 2.24) is 10.3 Å². The lowest BCUT2D eigenvalue weighted by Crippen LogP contribution is -2.44. The number of carbonyl (C=O) groups excluding carboxylic acids is 2. The minimum Gasteiger partial charge on any atom is -0.459 e. The second-order valence-electron chi connectivity index (χ2n) is 4.11. The van der Waals surface area contributed by atoms with E-state index in [-0.39, 0.29) is 11.7 Å². The number of hydrogen-bond acceptors (Lipinski definition) is 6. The van der Waals surface area contributed by atoms with Gasteiger partial charge in [-0.05, 0) is 30.6 Å². The van der Waals surface area contributed by atoms with Crippen LogP contribution in [-0.4, -0.2) is 34.8 Å². The molecule has 0 aliphatic heterocycles. The fourth-order valence-corrected chi connectivity index (χ4v) is 2.62. The SMILES string of the molecule is CSCC[C@H](NC(=O)c1ccco1)C(=O)Nc1nccs1. The Kier molecular flexibility index (Phi) is 5.82. The van der Waals surface area contributed by atoms with Crippen molar-refractivity contribution in [2.75, 3.05) is 17.3 Å². The molecule has 0 radical (unpaired) electrons. The maximum Gasteiger partial charge on any atom is 0.287 e. The van der Waals surface area contributed by atoms with E-state index < -0.39 is 11.9 Å². The average molecular weight is 325 g/mol. The zero-order valence-electron chi connectivity index (χ0n) is 11.4. The fraction of sp³-hybridized carbons (Fsp3) is 0.308.